The molecule has 1 aliphatic rings. The summed E-state index contributed by atoms with van der Waals surface area (Å²) in [4.78, 5) is 6.87. The Balaban J connectivity index is 1.62. The highest BCUT2D eigenvalue weighted by Crippen LogP contribution is 2.21. The third kappa shape index (κ3) is 6.21. The van der Waals surface area contributed by atoms with Crippen molar-refractivity contribution in [2.24, 2.45) is 4.99 Å². The molecule has 6 nitrogen and oxygen atoms in total. The van der Waals surface area contributed by atoms with Crippen LogP contribution in [0.25, 0.3) is 0 Å². The van der Waals surface area contributed by atoms with Crippen LogP contribution in [0, 0.1) is 6.92 Å². The summed E-state index contributed by atoms with van der Waals surface area (Å²) in [6.45, 7) is 7.03. The minimum absolute atomic E-state index is 0.273. The number of benzene rings is 2. The third-order valence-electron chi connectivity index (χ3n) is 5.23. The molecule has 1 atom stereocenters. The van der Waals surface area contributed by atoms with E-state index in [2.05, 4.69) is 57.8 Å². The summed E-state index contributed by atoms with van der Waals surface area (Å²) in [6.07, 6.45) is 0. The Kier molecular flexibility index (Phi) is 7.90. The molecule has 1 unspecified atom stereocenters. The topological polar surface area (TPSA) is 58.1 Å². The van der Waals surface area contributed by atoms with Crippen LogP contribution in [-0.2, 0) is 11.3 Å². The van der Waals surface area contributed by atoms with E-state index in [0.717, 1.165) is 50.1 Å². The largest absolute Gasteiger partial charge is 0.497 e. The number of nitrogens with one attached hydrogen (secondary N) is 2. The summed E-state index contributed by atoms with van der Waals surface area (Å²) >= 11 is 0. The van der Waals surface area contributed by atoms with Gasteiger partial charge < -0.3 is 20.1 Å². The van der Waals surface area contributed by atoms with E-state index in [-0.39, 0.29) is 6.04 Å². The number of ether oxygens (including phenoxy) is 2. The Labute approximate surface area is 173 Å². The zero-order valence-electron chi connectivity index (χ0n) is 17.6. The van der Waals surface area contributed by atoms with E-state index in [4.69, 9.17) is 9.47 Å². The molecule has 156 valence electrons. The summed E-state index contributed by atoms with van der Waals surface area (Å²) in [7, 11) is 3.49. The molecule has 0 saturated carbocycles. The number of rotatable bonds is 7. The van der Waals surface area contributed by atoms with Gasteiger partial charge in [-0.3, -0.25) is 9.89 Å². The van der Waals surface area contributed by atoms with Crippen LogP contribution in [0.3, 0.4) is 0 Å². The first kappa shape index (κ1) is 21.1. The lowest BCUT2D eigenvalue weighted by Gasteiger charge is -2.35. The van der Waals surface area contributed by atoms with E-state index in [0.29, 0.717) is 6.54 Å². The lowest BCUT2D eigenvalue weighted by molar-refractivity contribution is 0.0170. The Hall–Kier alpha value is -2.57. The molecule has 1 saturated heterocycles. The summed E-state index contributed by atoms with van der Waals surface area (Å²) in [5.41, 5.74) is 3.74. The van der Waals surface area contributed by atoms with Gasteiger partial charge >= 0.3 is 0 Å². The summed E-state index contributed by atoms with van der Waals surface area (Å²) in [5.74, 6) is 1.65. The highest BCUT2D eigenvalue weighted by Gasteiger charge is 2.22. The normalized spacial score (nSPS) is 16.3. The highest BCUT2D eigenvalue weighted by molar-refractivity contribution is 5.79. The molecule has 2 N–H and O–H groups in total. The average molecular weight is 397 g/mol. The minimum atomic E-state index is 0.273. The first-order valence-electron chi connectivity index (χ1n) is 10.2. The van der Waals surface area contributed by atoms with Crippen molar-refractivity contribution in [2.45, 2.75) is 19.5 Å². The fraction of sp³-hybridized carbons (Fsp3) is 0.435. The highest BCUT2D eigenvalue weighted by atomic mass is 16.5. The zero-order chi connectivity index (χ0) is 20.5. The minimum Gasteiger partial charge on any atom is -0.497 e. The zero-order valence-corrected chi connectivity index (χ0v) is 17.6. The van der Waals surface area contributed by atoms with Crippen molar-refractivity contribution in [1.82, 2.24) is 15.5 Å². The Morgan fingerprint density at radius 1 is 1.14 bits per heavy atom. The van der Waals surface area contributed by atoms with Crippen LogP contribution >= 0.6 is 0 Å². The number of hydrogen-bond donors (Lipinski definition) is 2. The van der Waals surface area contributed by atoms with Crippen LogP contribution < -0.4 is 15.4 Å². The van der Waals surface area contributed by atoms with Gasteiger partial charge in [0.05, 0.1) is 26.4 Å². The van der Waals surface area contributed by atoms with Gasteiger partial charge in [-0.25, -0.2) is 0 Å². The van der Waals surface area contributed by atoms with Crippen LogP contribution in [0.5, 0.6) is 5.75 Å². The fourth-order valence-corrected chi connectivity index (χ4v) is 3.52. The molecule has 0 aliphatic carbocycles. The van der Waals surface area contributed by atoms with Gasteiger partial charge in [0.15, 0.2) is 5.96 Å². The van der Waals surface area contributed by atoms with E-state index in [1.165, 1.54) is 11.1 Å². The average Bonchev–Trinajstić information content (AvgIpc) is 2.78. The molecular formula is C23H32N4O2. The number of aliphatic imine (C=N–C) groups is 1. The van der Waals surface area contributed by atoms with E-state index in [1.54, 1.807) is 14.2 Å². The predicted octanol–water partition coefficient (Wildman–Crippen LogP) is 2.74. The van der Waals surface area contributed by atoms with Crippen LogP contribution in [0.2, 0.25) is 0 Å². The van der Waals surface area contributed by atoms with Crippen LogP contribution in [0.15, 0.2) is 53.5 Å². The maximum atomic E-state index is 5.55. The Morgan fingerprint density at radius 2 is 1.90 bits per heavy atom. The SMILES string of the molecule is CN=C(NCc1cccc(OC)c1)NCC(c1ccc(C)cc1)N1CCOCC1. The molecular weight excluding hydrogens is 364 g/mol. The second-order valence-electron chi connectivity index (χ2n) is 7.23. The van der Waals surface area contributed by atoms with Crippen LogP contribution in [0.1, 0.15) is 22.7 Å². The molecule has 0 aromatic heterocycles. The van der Waals surface area contributed by atoms with Crippen molar-refractivity contribution in [1.29, 1.82) is 0 Å². The van der Waals surface area contributed by atoms with Gasteiger partial charge in [-0.05, 0) is 30.2 Å². The fourth-order valence-electron chi connectivity index (χ4n) is 3.52. The molecule has 3 rings (SSSR count). The predicted molar refractivity (Wildman–Crippen MR) is 118 cm³/mol. The van der Waals surface area contributed by atoms with Gasteiger partial charge in [0.2, 0.25) is 0 Å². The second kappa shape index (κ2) is 10.8. The molecule has 0 bridgehead atoms. The molecule has 2 aromatic carbocycles. The van der Waals surface area contributed by atoms with Crippen molar-refractivity contribution in [3.63, 3.8) is 0 Å². The van der Waals surface area contributed by atoms with E-state index >= 15 is 0 Å². The van der Waals surface area contributed by atoms with E-state index in [9.17, 15) is 0 Å². The van der Waals surface area contributed by atoms with Gasteiger partial charge in [0, 0.05) is 33.2 Å². The molecule has 0 radical (unpaired) electrons. The molecule has 1 heterocycles. The first-order chi connectivity index (χ1) is 14.2. The third-order valence-corrected chi connectivity index (χ3v) is 5.23. The number of methoxy groups -OCH3 is 1. The second-order valence-corrected chi connectivity index (χ2v) is 7.23. The van der Waals surface area contributed by atoms with E-state index in [1.807, 2.05) is 18.2 Å². The lowest BCUT2D eigenvalue weighted by Crippen LogP contribution is -2.46. The molecule has 1 aliphatic heterocycles. The van der Waals surface area contributed by atoms with Crippen molar-refractivity contribution in [2.75, 3.05) is 47.0 Å². The first-order valence-corrected chi connectivity index (χ1v) is 10.2. The molecule has 29 heavy (non-hydrogen) atoms. The van der Waals surface area contributed by atoms with E-state index < -0.39 is 0 Å². The van der Waals surface area contributed by atoms with Crippen LogP contribution in [-0.4, -0.2) is 57.9 Å². The van der Waals surface area contributed by atoms with Gasteiger partial charge in [-0.1, -0.05) is 42.0 Å². The molecule has 1 fully saturated rings. The number of morpholine rings is 1. The quantitative estimate of drug-likeness (QED) is 0.557. The Morgan fingerprint density at radius 3 is 2.59 bits per heavy atom. The number of guanidine groups is 1. The number of nitrogens with zero attached hydrogens (tertiary/aromatic N) is 2. The smallest absolute Gasteiger partial charge is 0.191 e. The van der Waals surface area contributed by atoms with Gasteiger partial charge in [-0.15, -0.1) is 0 Å². The van der Waals surface area contributed by atoms with Crippen LogP contribution in [0.4, 0.5) is 0 Å². The molecule has 2 aromatic rings. The van der Waals surface area contributed by atoms with Crippen molar-refractivity contribution < 1.29 is 9.47 Å². The molecule has 6 heteroatoms. The van der Waals surface area contributed by atoms with Gasteiger partial charge in [0.1, 0.15) is 5.75 Å². The number of aryl methyl sites for hydroxylation is 1. The maximum Gasteiger partial charge on any atom is 0.191 e. The van der Waals surface area contributed by atoms with Crippen molar-refractivity contribution in [3.8, 4) is 5.75 Å². The Bertz CT molecular complexity index is 786. The monoisotopic (exact) mass is 396 g/mol. The standard InChI is InChI=1S/C23H32N4O2/c1-18-7-9-20(10-8-18)22(27-11-13-29-14-12-27)17-26-23(24-2)25-16-19-5-4-6-21(15-19)28-3/h4-10,15,22H,11-14,16-17H2,1-3H3,(H2,24,25,26). The van der Waals surface area contributed by atoms with Gasteiger partial charge in [-0.2, -0.15) is 0 Å². The summed E-state index contributed by atoms with van der Waals surface area (Å²) in [6, 6.07) is 17.1. The van der Waals surface area contributed by atoms with Crippen molar-refractivity contribution in [3.05, 3.63) is 65.2 Å². The molecule has 0 amide bonds. The van der Waals surface area contributed by atoms with Gasteiger partial charge in [0.25, 0.3) is 0 Å². The van der Waals surface area contributed by atoms with Crippen molar-refractivity contribution >= 4 is 5.96 Å². The summed E-state index contributed by atoms with van der Waals surface area (Å²) in [5, 5.41) is 6.90. The lowest BCUT2D eigenvalue weighted by atomic mass is 10.0. The number of hydrogen-bond acceptors (Lipinski definition) is 4. The summed E-state index contributed by atoms with van der Waals surface area (Å²) < 4.78 is 10.9. The molecule has 0 spiro atoms. The maximum absolute atomic E-state index is 5.55.